The third-order valence-electron chi connectivity index (χ3n) is 2.67. The second-order valence-corrected chi connectivity index (χ2v) is 5.43. The van der Waals surface area contributed by atoms with Crippen molar-refractivity contribution in [2.45, 2.75) is 19.4 Å². The van der Waals surface area contributed by atoms with Gasteiger partial charge in [-0.05, 0) is 48.6 Å². The topological polar surface area (TPSA) is 35.2 Å². The molecule has 0 saturated heterocycles. The second-order valence-electron chi connectivity index (χ2n) is 4.01. The molecule has 0 fully saturated rings. The molecule has 96 valence electrons. The number of nitrogens with two attached hydrogens (primary N) is 1. The highest BCUT2D eigenvalue weighted by Gasteiger charge is 2.12. The van der Waals surface area contributed by atoms with Crippen LogP contribution in [-0.4, -0.2) is 6.61 Å². The average molecular weight is 282 g/mol. The molecule has 4 heteroatoms. The molecule has 2 N–H and O–H groups in total. The van der Waals surface area contributed by atoms with E-state index in [0.29, 0.717) is 11.6 Å². The van der Waals surface area contributed by atoms with E-state index in [1.165, 1.54) is 4.88 Å². The van der Waals surface area contributed by atoms with E-state index in [1.54, 1.807) is 11.3 Å². The number of halogens is 1. The first kappa shape index (κ1) is 13.4. The van der Waals surface area contributed by atoms with Gasteiger partial charge in [0.05, 0.1) is 6.61 Å². The van der Waals surface area contributed by atoms with Crippen molar-refractivity contribution >= 4 is 22.9 Å². The molecule has 2 aromatic rings. The zero-order valence-electron chi connectivity index (χ0n) is 10.2. The van der Waals surface area contributed by atoms with E-state index in [2.05, 4.69) is 6.07 Å². The van der Waals surface area contributed by atoms with Crippen LogP contribution in [0.1, 0.15) is 23.4 Å². The van der Waals surface area contributed by atoms with Crippen molar-refractivity contribution in [2.24, 2.45) is 5.73 Å². The monoisotopic (exact) mass is 281 g/mol. The van der Waals surface area contributed by atoms with Gasteiger partial charge in [-0.1, -0.05) is 17.7 Å². The minimum Gasteiger partial charge on any atom is -0.494 e. The molecule has 0 aliphatic carbocycles. The van der Waals surface area contributed by atoms with Crippen molar-refractivity contribution in [1.29, 1.82) is 0 Å². The van der Waals surface area contributed by atoms with Gasteiger partial charge < -0.3 is 10.5 Å². The second kappa shape index (κ2) is 6.23. The maximum atomic E-state index is 6.20. The third-order valence-corrected chi connectivity index (χ3v) is 3.91. The smallest absolute Gasteiger partial charge is 0.122 e. The maximum Gasteiger partial charge on any atom is 0.122 e. The molecule has 1 unspecified atom stereocenters. The predicted molar refractivity (Wildman–Crippen MR) is 77.6 cm³/mol. The van der Waals surface area contributed by atoms with Crippen molar-refractivity contribution in [3.05, 3.63) is 51.2 Å². The molecule has 1 aromatic heterocycles. The van der Waals surface area contributed by atoms with Gasteiger partial charge in [-0.3, -0.25) is 0 Å². The maximum absolute atomic E-state index is 6.20. The lowest BCUT2D eigenvalue weighted by Crippen LogP contribution is -2.12. The van der Waals surface area contributed by atoms with Crippen molar-refractivity contribution in [3.8, 4) is 5.75 Å². The highest BCUT2D eigenvalue weighted by molar-refractivity contribution is 7.10. The van der Waals surface area contributed by atoms with Gasteiger partial charge in [0.25, 0.3) is 0 Å². The number of benzene rings is 1. The molecule has 0 aliphatic heterocycles. The SMILES string of the molecule is CCOc1ccc(Cl)cc1CC(N)c1cccs1. The van der Waals surface area contributed by atoms with Crippen LogP contribution in [0.4, 0.5) is 0 Å². The van der Waals surface area contributed by atoms with Crippen LogP contribution >= 0.6 is 22.9 Å². The zero-order valence-corrected chi connectivity index (χ0v) is 11.8. The molecule has 0 radical (unpaired) electrons. The van der Waals surface area contributed by atoms with E-state index < -0.39 is 0 Å². The fourth-order valence-electron chi connectivity index (χ4n) is 1.84. The summed E-state index contributed by atoms with van der Waals surface area (Å²) >= 11 is 7.71. The lowest BCUT2D eigenvalue weighted by molar-refractivity contribution is 0.335. The van der Waals surface area contributed by atoms with Crippen LogP contribution in [0.5, 0.6) is 5.75 Å². The van der Waals surface area contributed by atoms with E-state index >= 15 is 0 Å². The summed E-state index contributed by atoms with van der Waals surface area (Å²) in [5, 5.41) is 2.75. The minimum atomic E-state index is -0.0114. The molecule has 0 aliphatic rings. The highest BCUT2D eigenvalue weighted by Crippen LogP contribution is 2.28. The molecule has 2 nitrogen and oxygen atoms in total. The van der Waals surface area contributed by atoms with Crippen LogP contribution in [0.25, 0.3) is 0 Å². The molecule has 0 bridgehead atoms. The summed E-state index contributed by atoms with van der Waals surface area (Å²) in [6.45, 7) is 2.61. The number of hydrogen-bond donors (Lipinski definition) is 1. The van der Waals surface area contributed by atoms with Crippen molar-refractivity contribution < 1.29 is 4.74 Å². The standard InChI is InChI=1S/C14H16ClNOS/c1-2-17-13-6-5-11(15)8-10(13)9-12(16)14-4-3-7-18-14/h3-8,12H,2,9,16H2,1H3. The summed E-state index contributed by atoms with van der Waals surface area (Å²) in [4.78, 5) is 1.18. The van der Waals surface area contributed by atoms with Gasteiger partial charge in [-0.15, -0.1) is 11.3 Å². The van der Waals surface area contributed by atoms with E-state index in [-0.39, 0.29) is 6.04 Å². The fraction of sp³-hybridized carbons (Fsp3) is 0.286. The highest BCUT2D eigenvalue weighted by atomic mass is 35.5. The summed E-state index contributed by atoms with van der Waals surface area (Å²) in [5.74, 6) is 0.869. The van der Waals surface area contributed by atoms with Gasteiger partial charge in [0.2, 0.25) is 0 Å². The Balaban J connectivity index is 2.19. The van der Waals surface area contributed by atoms with Crippen LogP contribution < -0.4 is 10.5 Å². The normalized spacial score (nSPS) is 12.4. The number of rotatable bonds is 5. The molecule has 2 rings (SSSR count). The molecule has 1 aromatic carbocycles. The van der Waals surface area contributed by atoms with Crippen LogP contribution in [0.15, 0.2) is 35.7 Å². The van der Waals surface area contributed by atoms with Crippen molar-refractivity contribution in [3.63, 3.8) is 0 Å². The fourth-order valence-corrected chi connectivity index (χ4v) is 2.77. The van der Waals surface area contributed by atoms with Crippen molar-refractivity contribution in [1.82, 2.24) is 0 Å². The summed E-state index contributed by atoms with van der Waals surface area (Å²) < 4.78 is 5.60. The molecule has 0 spiro atoms. The number of ether oxygens (including phenoxy) is 1. The largest absolute Gasteiger partial charge is 0.494 e. The summed E-state index contributed by atoms with van der Waals surface area (Å²) in [7, 11) is 0. The predicted octanol–water partition coefficient (Wildman–Crippen LogP) is 4.04. The van der Waals surface area contributed by atoms with Crippen LogP contribution in [0.2, 0.25) is 5.02 Å². The Labute approximate surface area is 116 Å². The van der Waals surface area contributed by atoms with Gasteiger partial charge in [0.1, 0.15) is 5.75 Å². The summed E-state index contributed by atoms with van der Waals surface area (Å²) in [6, 6.07) is 9.74. The van der Waals surface area contributed by atoms with E-state index in [0.717, 1.165) is 17.7 Å². The Hall–Kier alpha value is -1.03. The van der Waals surface area contributed by atoms with Gasteiger partial charge in [0.15, 0.2) is 0 Å². The minimum absolute atomic E-state index is 0.0114. The van der Waals surface area contributed by atoms with E-state index in [4.69, 9.17) is 22.1 Å². The molecule has 1 atom stereocenters. The number of thiophene rings is 1. The molecular weight excluding hydrogens is 266 g/mol. The first-order chi connectivity index (χ1) is 8.70. The Kier molecular flexibility index (Phi) is 4.64. The third kappa shape index (κ3) is 3.25. The van der Waals surface area contributed by atoms with E-state index in [9.17, 15) is 0 Å². The van der Waals surface area contributed by atoms with Gasteiger partial charge >= 0.3 is 0 Å². The summed E-state index contributed by atoms with van der Waals surface area (Å²) in [6.07, 6.45) is 0.733. The molecule has 0 saturated carbocycles. The Morgan fingerprint density at radius 2 is 2.22 bits per heavy atom. The van der Waals surface area contributed by atoms with Gasteiger partial charge in [0, 0.05) is 15.9 Å². The molecule has 1 heterocycles. The lowest BCUT2D eigenvalue weighted by atomic mass is 10.0. The molecule has 0 amide bonds. The average Bonchev–Trinajstić information content (AvgIpc) is 2.86. The Morgan fingerprint density at radius 3 is 2.89 bits per heavy atom. The first-order valence-electron chi connectivity index (χ1n) is 5.91. The number of hydrogen-bond acceptors (Lipinski definition) is 3. The van der Waals surface area contributed by atoms with E-state index in [1.807, 2.05) is 36.6 Å². The van der Waals surface area contributed by atoms with Gasteiger partial charge in [-0.25, -0.2) is 0 Å². The van der Waals surface area contributed by atoms with Crippen LogP contribution in [0, 0.1) is 0 Å². The first-order valence-corrected chi connectivity index (χ1v) is 7.16. The van der Waals surface area contributed by atoms with Crippen molar-refractivity contribution in [2.75, 3.05) is 6.61 Å². The summed E-state index contributed by atoms with van der Waals surface area (Å²) in [5.41, 5.74) is 7.26. The zero-order chi connectivity index (χ0) is 13.0. The Morgan fingerprint density at radius 1 is 1.39 bits per heavy atom. The van der Waals surface area contributed by atoms with Crippen LogP contribution in [-0.2, 0) is 6.42 Å². The molecule has 18 heavy (non-hydrogen) atoms. The van der Waals surface area contributed by atoms with Crippen LogP contribution in [0.3, 0.4) is 0 Å². The Bertz CT molecular complexity index is 499. The lowest BCUT2D eigenvalue weighted by Gasteiger charge is -2.14. The quantitative estimate of drug-likeness (QED) is 0.898. The van der Waals surface area contributed by atoms with Gasteiger partial charge in [-0.2, -0.15) is 0 Å². The molecular formula is C14H16ClNOS.